The molecular formula is C40H50N2O5. The van der Waals surface area contributed by atoms with Crippen molar-refractivity contribution in [3.05, 3.63) is 144 Å². The van der Waals surface area contributed by atoms with Gasteiger partial charge in [0, 0.05) is 39.7 Å². The van der Waals surface area contributed by atoms with Crippen molar-refractivity contribution in [3.8, 4) is 0 Å². The molecule has 0 unspecified atom stereocenters. The van der Waals surface area contributed by atoms with Gasteiger partial charge in [-0.2, -0.15) is 0 Å². The fourth-order valence-corrected chi connectivity index (χ4v) is 6.46. The third-order valence-electron chi connectivity index (χ3n) is 8.80. The van der Waals surface area contributed by atoms with E-state index in [-0.39, 0.29) is 37.7 Å². The lowest BCUT2D eigenvalue weighted by molar-refractivity contribution is -0.301. The van der Waals surface area contributed by atoms with E-state index < -0.39 is 5.79 Å². The highest BCUT2D eigenvalue weighted by Crippen LogP contribution is 2.32. The average molecular weight is 639 g/mol. The lowest BCUT2D eigenvalue weighted by atomic mass is 9.95. The number of ether oxygens (including phenoxy) is 4. The number of nitrogens with zero attached hydrogens (tertiary/aromatic N) is 2. The molecule has 4 atom stereocenters. The fraction of sp³-hybridized carbons (Fsp3) is 0.400. The monoisotopic (exact) mass is 638 g/mol. The molecule has 1 aliphatic heterocycles. The summed E-state index contributed by atoms with van der Waals surface area (Å²) in [5, 5.41) is 11.1. The summed E-state index contributed by atoms with van der Waals surface area (Å²) in [5.74, 6) is -0.763. The van der Waals surface area contributed by atoms with Gasteiger partial charge in [0.25, 0.3) is 0 Å². The summed E-state index contributed by atoms with van der Waals surface area (Å²) in [6, 6.07) is 41.5. The Morgan fingerprint density at radius 3 is 1.60 bits per heavy atom. The topological polar surface area (TPSA) is 63.6 Å². The van der Waals surface area contributed by atoms with Crippen LogP contribution in [0, 0.1) is 0 Å². The molecule has 0 bridgehead atoms. The van der Waals surface area contributed by atoms with Crippen LogP contribution in [0.5, 0.6) is 0 Å². The molecule has 1 fully saturated rings. The Balaban J connectivity index is 1.46. The Kier molecular flexibility index (Phi) is 13.1. The van der Waals surface area contributed by atoms with Gasteiger partial charge in [-0.05, 0) is 36.1 Å². The van der Waals surface area contributed by atoms with E-state index in [9.17, 15) is 5.11 Å². The van der Waals surface area contributed by atoms with Crippen LogP contribution in [0.3, 0.4) is 0 Å². The van der Waals surface area contributed by atoms with Crippen molar-refractivity contribution in [2.75, 3.05) is 27.1 Å². The number of rotatable bonds is 17. The quantitative estimate of drug-likeness (QED) is 0.130. The van der Waals surface area contributed by atoms with Crippen molar-refractivity contribution in [2.24, 2.45) is 0 Å². The summed E-state index contributed by atoms with van der Waals surface area (Å²) in [7, 11) is 1.63. The minimum Gasteiger partial charge on any atom is -0.395 e. The van der Waals surface area contributed by atoms with E-state index in [4.69, 9.17) is 18.9 Å². The zero-order chi connectivity index (χ0) is 32.9. The second-order valence-corrected chi connectivity index (χ2v) is 12.8. The van der Waals surface area contributed by atoms with Crippen LogP contribution in [0.15, 0.2) is 121 Å². The fourth-order valence-electron chi connectivity index (χ4n) is 6.46. The maximum atomic E-state index is 11.1. The van der Waals surface area contributed by atoms with Gasteiger partial charge in [0.2, 0.25) is 0 Å². The van der Waals surface area contributed by atoms with Crippen molar-refractivity contribution in [2.45, 2.75) is 76.5 Å². The van der Waals surface area contributed by atoms with E-state index >= 15 is 0 Å². The first-order valence-electron chi connectivity index (χ1n) is 16.6. The first-order valence-corrected chi connectivity index (χ1v) is 16.6. The zero-order valence-electron chi connectivity index (χ0n) is 28.0. The predicted octanol–water partition coefficient (Wildman–Crippen LogP) is 6.65. The van der Waals surface area contributed by atoms with Crippen LogP contribution in [0.1, 0.15) is 42.5 Å². The van der Waals surface area contributed by atoms with Gasteiger partial charge in [-0.25, -0.2) is 0 Å². The zero-order valence-corrected chi connectivity index (χ0v) is 28.0. The minimum atomic E-state index is -0.763. The molecule has 0 aliphatic carbocycles. The third kappa shape index (κ3) is 10.5. The number of benzene rings is 4. The molecule has 7 nitrogen and oxygen atoms in total. The SMILES string of the molecule is COCO[C@@H](C[C@@H]1OC(C)(C)OC[C@H]1N(Cc1ccccc1)Cc1ccccc1)[C@@H](CO)N(Cc1ccccc1)Cc1ccccc1. The summed E-state index contributed by atoms with van der Waals surface area (Å²) in [4.78, 5) is 4.77. The average Bonchev–Trinajstić information content (AvgIpc) is 3.09. The standard InChI is InChI=1S/C40H50N2O5/c1-40(2)46-30-37(42(27-34-20-12-6-13-21-34)28-35-22-14-7-15-23-35)39(47-40)24-38(45-31-44-3)36(29-43)41(25-32-16-8-4-9-17-32)26-33-18-10-5-11-19-33/h4-23,36-39,43H,24-31H2,1-3H3/t36-,37-,38+,39+/m1/s1. The van der Waals surface area contributed by atoms with Crippen molar-refractivity contribution in [1.29, 1.82) is 0 Å². The van der Waals surface area contributed by atoms with Gasteiger partial charge in [-0.1, -0.05) is 121 Å². The van der Waals surface area contributed by atoms with Crippen LogP contribution < -0.4 is 0 Å². The number of hydrogen-bond donors (Lipinski definition) is 1. The molecule has 47 heavy (non-hydrogen) atoms. The van der Waals surface area contributed by atoms with Crippen LogP contribution in [0.4, 0.5) is 0 Å². The van der Waals surface area contributed by atoms with E-state index in [0.29, 0.717) is 26.1 Å². The molecule has 5 rings (SSSR count). The highest BCUT2D eigenvalue weighted by atomic mass is 16.7. The van der Waals surface area contributed by atoms with Gasteiger partial charge in [-0.15, -0.1) is 0 Å². The highest BCUT2D eigenvalue weighted by molar-refractivity contribution is 5.19. The molecule has 0 amide bonds. The maximum absolute atomic E-state index is 11.1. The number of aliphatic hydroxyl groups excluding tert-OH is 1. The third-order valence-corrected chi connectivity index (χ3v) is 8.80. The van der Waals surface area contributed by atoms with Crippen LogP contribution >= 0.6 is 0 Å². The Bertz CT molecular complexity index is 1340. The predicted molar refractivity (Wildman–Crippen MR) is 185 cm³/mol. The van der Waals surface area contributed by atoms with E-state index in [1.165, 1.54) is 22.3 Å². The maximum Gasteiger partial charge on any atom is 0.163 e. The Hall–Kier alpha value is -3.40. The van der Waals surface area contributed by atoms with Gasteiger partial charge < -0.3 is 24.1 Å². The lowest BCUT2D eigenvalue weighted by Crippen LogP contribution is -2.58. The number of aliphatic hydroxyl groups is 1. The highest BCUT2D eigenvalue weighted by Gasteiger charge is 2.42. The van der Waals surface area contributed by atoms with Crippen LogP contribution in [-0.2, 0) is 45.1 Å². The molecule has 1 N–H and O–H groups in total. The molecule has 0 aromatic heterocycles. The smallest absolute Gasteiger partial charge is 0.163 e. The van der Waals surface area contributed by atoms with E-state index in [1.807, 2.05) is 38.1 Å². The van der Waals surface area contributed by atoms with Gasteiger partial charge in [0.05, 0.1) is 37.5 Å². The van der Waals surface area contributed by atoms with E-state index in [0.717, 1.165) is 13.1 Å². The molecule has 1 aliphatic rings. The van der Waals surface area contributed by atoms with E-state index in [1.54, 1.807) is 7.11 Å². The van der Waals surface area contributed by atoms with Gasteiger partial charge in [0.15, 0.2) is 5.79 Å². The Morgan fingerprint density at radius 1 is 0.723 bits per heavy atom. The molecule has 7 heteroatoms. The van der Waals surface area contributed by atoms with Crippen molar-refractivity contribution < 1.29 is 24.1 Å². The van der Waals surface area contributed by atoms with E-state index in [2.05, 4.69) is 107 Å². The van der Waals surface area contributed by atoms with Crippen LogP contribution in [-0.4, -0.2) is 72.1 Å². The summed E-state index contributed by atoms with van der Waals surface area (Å²) in [5.41, 5.74) is 4.80. The molecular weight excluding hydrogens is 588 g/mol. The Labute approximate surface area is 280 Å². The second kappa shape index (κ2) is 17.7. The molecule has 1 heterocycles. The lowest BCUT2D eigenvalue weighted by Gasteiger charge is -2.47. The number of hydrogen-bond acceptors (Lipinski definition) is 7. The van der Waals surface area contributed by atoms with Crippen LogP contribution in [0.2, 0.25) is 0 Å². The summed E-state index contributed by atoms with van der Waals surface area (Å²) in [6.07, 6.45) is -0.0758. The molecule has 4 aromatic carbocycles. The molecule has 0 spiro atoms. The molecule has 250 valence electrons. The molecule has 0 saturated carbocycles. The van der Waals surface area contributed by atoms with Crippen LogP contribution in [0.25, 0.3) is 0 Å². The van der Waals surface area contributed by atoms with Gasteiger partial charge in [0.1, 0.15) is 6.79 Å². The first-order chi connectivity index (χ1) is 22.9. The normalized spacial score (nSPS) is 19.1. The largest absolute Gasteiger partial charge is 0.395 e. The van der Waals surface area contributed by atoms with Gasteiger partial charge >= 0.3 is 0 Å². The Morgan fingerprint density at radius 2 is 1.17 bits per heavy atom. The summed E-state index contributed by atoms with van der Waals surface area (Å²) < 4.78 is 25.0. The second-order valence-electron chi connectivity index (χ2n) is 12.8. The van der Waals surface area contributed by atoms with Gasteiger partial charge in [-0.3, -0.25) is 9.80 Å². The first kappa shape index (κ1) is 34.9. The summed E-state index contributed by atoms with van der Waals surface area (Å²) in [6.45, 7) is 7.29. The molecule has 0 radical (unpaired) electrons. The summed E-state index contributed by atoms with van der Waals surface area (Å²) >= 11 is 0. The minimum absolute atomic E-state index is 0.0619. The van der Waals surface area contributed by atoms with Crippen molar-refractivity contribution in [1.82, 2.24) is 9.80 Å². The van der Waals surface area contributed by atoms with Crippen molar-refractivity contribution in [3.63, 3.8) is 0 Å². The molecule has 1 saturated heterocycles. The molecule has 4 aromatic rings. The number of methoxy groups -OCH3 is 1. The van der Waals surface area contributed by atoms with Crippen molar-refractivity contribution >= 4 is 0 Å².